The molecule has 0 aliphatic rings. The molecule has 0 spiro atoms. The first-order valence-corrected chi connectivity index (χ1v) is 18.0. The zero-order valence-electron chi connectivity index (χ0n) is 9.87. The summed E-state index contributed by atoms with van der Waals surface area (Å²) in [4.78, 5) is 0. The molecular formula is C14H14Cl2Hf. The predicted molar refractivity (Wildman–Crippen MR) is 73.3 cm³/mol. The van der Waals surface area contributed by atoms with Crippen LogP contribution in [-0.2, 0) is 17.6 Å². The quantitative estimate of drug-likeness (QED) is 0.636. The van der Waals surface area contributed by atoms with Crippen LogP contribution in [0.2, 0.25) is 0 Å². The van der Waals surface area contributed by atoms with Crippen LogP contribution in [0.3, 0.4) is 0 Å². The zero-order valence-corrected chi connectivity index (χ0v) is 15.0. The standard InChI is InChI=1S/2C7H7.2ClH.Hf/c2*1-7-5-3-2-4-6-7;;;/h2*3-6H,1H3;2*1H;/q;;;;+2/p-2. The van der Waals surface area contributed by atoms with Crippen molar-refractivity contribution >= 4 is 23.8 Å². The second-order valence-electron chi connectivity index (χ2n) is 4.31. The third kappa shape index (κ3) is 3.01. The summed E-state index contributed by atoms with van der Waals surface area (Å²) in [5.41, 5.74) is 2.46. The molecule has 0 atom stereocenters. The van der Waals surface area contributed by atoms with Crippen molar-refractivity contribution in [3.63, 3.8) is 0 Å². The fraction of sp³-hybridized carbons (Fsp3) is 0.143. The summed E-state index contributed by atoms with van der Waals surface area (Å²) in [6.45, 7) is 4.13. The van der Waals surface area contributed by atoms with Gasteiger partial charge in [-0.05, 0) is 0 Å². The molecule has 17 heavy (non-hydrogen) atoms. The Kier molecular flexibility index (Phi) is 4.12. The molecule has 0 saturated heterocycles. The molecule has 3 heteroatoms. The van der Waals surface area contributed by atoms with E-state index < -0.39 is 17.6 Å². The molecule has 2 aromatic carbocycles. The van der Waals surface area contributed by atoms with E-state index in [4.69, 9.17) is 17.2 Å². The summed E-state index contributed by atoms with van der Waals surface area (Å²) < 4.78 is 2.24. The van der Waals surface area contributed by atoms with Crippen LogP contribution in [-0.4, -0.2) is 0 Å². The predicted octanol–water partition coefficient (Wildman–Crippen LogP) is 3.72. The van der Waals surface area contributed by atoms with Crippen LogP contribution in [0, 0.1) is 13.8 Å². The molecule has 0 nitrogen and oxygen atoms in total. The first-order chi connectivity index (χ1) is 8.00. The average molecular weight is 432 g/mol. The maximum absolute atomic E-state index is 6.68. The van der Waals surface area contributed by atoms with Crippen molar-refractivity contribution in [2.45, 2.75) is 13.8 Å². The number of aryl methyl sites for hydroxylation is 2. The Morgan fingerprint density at radius 1 is 0.647 bits per heavy atom. The molecule has 2 aromatic rings. The molecule has 0 fully saturated rings. The van der Waals surface area contributed by atoms with Gasteiger partial charge in [-0.3, -0.25) is 0 Å². The maximum atomic E-state index is 6.68. The van der Waals surface area contributed by atoms with Crippen molar-refractivity contribution in [1.29, 1.82) is 0 Å². The third-order valence-electron chi connectivity index (χ3n) is 2.83. The summed E-state index contributed by atoms with van der Waals surface area (Å²) in [6, 6.07) is 16.6. The summed E-state index contributed by atoms with van der Waals surface area (Å²) in [5, 5.41) is 0. The molecule has 0 unspecified atom stereocenters. The van der Waals surface area contributed by atoms with Gasteiger partial charge in [0.2, 0.25) is 0 Å². The van der Waals surface area contributed by atoms with Crippen LogP contribution in [0.15, 0.2) is 48.5 Å². The topological polar surface area (TPSA) is 0 Å². The summed E-state index contributed by atoms with van der Waals surface area (Å²) in [5.74, 6) is 0. The molecule has 0 aromatic heterocycles. The second kappa shape index (κ2) is 5.26. The van der Waals surface area contributed by atoms with Crippen LogP contribution in [0.25, 0.3) is 0 Å². The van der Waals surface area contributed by atoms with E-state index >= 15 is 0 Å². The van der Waals surface area contributed by atoms with Crippen molar-refractivity contribution in [1.82, 2.24) is 0 Å². The average Bonchev–Trinajstić information content (AvgIpc) is 2.30. The molecule has 88 valence electrons. The molecule has 2 rings (SSSR count). The van der Waals surface area contributed by atoms with Crippen molar-refractivity contribution in [3.05, 3.63) is 59.7 Å². The van der Waals surface area contributed by atoms with Crippen molar-refractivity contribution in [2.75, 3.05) is 0 Å². The SMILES string of the molecule is Cc1cc[c]([Hf]([Cl])([Cl])[c]2ccc(C)cc2)cc1. The normalized spacial score (nSPS) is 11.5. The Bertz CT molecular complexity index is 453. The van der Waals surface area contributed by atoms with Gasteiger partial charge in [0.15, 0.2) is 0 Å². The van der Waals surface area contributed by atoms with Gasteiger partial charge in [-0.15, -0.1) is 0 Å². The van der Waals surface area contributed by atoms with Gasteiger partial charge in [0.05, 0.1) is 0 Å². The van der Waals surface area contributed by atoms with Crippen molar-refractivity contribution in [2.24, 2.45) is 0 Å². The molecule has 0 N–H and O–H groups in total. The third-order valence-corrected chi connectivity index (χ3v) is 17.6. The number of rotatable bonds is 2. The number of hydrogen-bond donors (Lipinski definition) is 0. The molecule has 0 heterocycles. The Labute approximate surface area is 114 Å². The zero-order chi connectivity index (χ0) is 12.5. The second-order valence-corrected chi connectivity index (χ2v) is 23.4. The van der Waals surface area contributed by atoms with Gasteiger partial charge in [-0.1, -0.05) is 0 Å². The van der Waals surface area contributed by atoms with E-state index in [1.807, 2.05) is 0 Å². The fourth-order valence-electron chi connectivity index (χ4n) is 1.69. The first kappa shape index (κ1) is 13.3. The number of halogens is 2. The van der Waals surface area contributed by atoms with E-state index in [1.165, 1.54) is 11.1 Å². The minimum atomic E-state index is -3.50. The van der Waals surface area contributed by atoms with E-state index in [1.54, 1.807) is 0 Å². The van der Waals surface area contributed by atoms with Crippen LogP contribution < -0.4 is 6.64 Å². The van der Waals surface area contributed by atoms with Gasteiger partial charge >= 0.3 is 115 Å². The van der Waals surface area contributed by atoms with Crippen molar-refractivity contribution < 1.29 is 17.6 Å². The van der Waals surface area contributed by atoms with E-state index in [0.717, 1.165) is 6.64 Å². The minimum absolute atomic E-state index is 1.12. The molecule has 0 bridgehead atoms. The van der Waals surface area contributed by atoms with Crippen LogP contribution in [0.5, 0.6) is 0 Å². The Morgan fingerprint density at radius 3 is 1.24 bits per heavy atom. The molecular weight excluding hydrogens is 418 g/mol. The van der Waals surface area contributed by atoms with Crippen molar-refractivity contribution in [3.8, 4) is 0 Å². The first-order valence-electron chi connectivity index (χ1n) is 5.52. The van der Waals surface area contributed by atoms with Gasteiger partial charge in [-0.25, -0.2) is 0 Å². The number of benzene rings is 2. The molecule has 0 amide bonds. The van der Waals surface area contributed by atoms with Gasteiger partial charge in [-0.2, -0.15) is 0 Å². The fourth-order valence-corrected chi connectivity index (χ4v) is 11.2. The molecule has 0 radical (unpaired) electrons. The summed E-state index contributed by atoms with van der Waals surface area (Å²) in [7, 11) is 13.4. The van der Waals surface area contributed by atoms with Crippen LogP contribution in [0.1, 0.15) is 11.1 Å². The van der Waals surface area contributed by atoms with Gasteiger partial charge in [0.1, 0.15) is 0 Å². The summed E-state index contributed by atoms with van der Waals surface area (Å²) >= 11 is -3.50. The van der Waals surface area contributed by atoms with E-state index in [0.29, 0.717) is 0 Å². The van der Waals surface area contributed by atoms with Gasteiger partial charge < -0.3 is 0 Å². The monoisotopic (exact) mass is 432 g/mol. The van der Waals surface area contributed by atoms with E-state index in [9.17, 15) is 0 Å². The van der Waals surface area contributed by atoms with Gasteiger partial charge in [0, 0.05) is 0 Å². The van der Waals surface area contributed by atoms with Crippen LogP contribution >= 0.6 is 17.2 Å². The van der Waals surface area contributed by atoms with Crippen LogP contribution in [0.4, 0.5) is 0 Å². The summed E-state index contributed by atoms with van der Waals surface area (Å²) in [6.07, 6.45) is 0. The Morgan fingerprint density at radius 2 is 0.941 bits per heavy atom. The van der Waals surface area contributed by atoms with E-state index in [-0.39, 0.29) is 0 Å². The molecule has 0 saturated carbocycles. The number of hydrogen-bond acceptors (Lipinski definition) is 0. The van der Waals surface area contributed by atoms with E-state index in [2.05, 4.69) is 62.4 Å². The Balaban J connectivity index is 2.41. The Hall–Kier alpha value is -0.110. The molecule has 0 aliphatic carbocycles. The van der Waals surface area contributed by atoms with Gasteiger partial charge in [0.25, 0.3) is 0 Å². The molecule has 0 aliphatic heterocycles.